The highest BCUT2D eigenvalue weighted by atomic mass is 16.3. The average molecular weight is 192 g/mol. The number of hydrogen-bond donors (Lipinski definition) is 2. The Kier molecular flexibility index (Phi) is 2.04. The van der Waals surface area contributed by atoms with E-state index in [2.05, 4.69) is 0 Å². The van der Waals surface area contributed by atoms with Gasteiger partial charge in [-0.25, -0.2) is 0 Å². The molecule has 2 rings (SSSR count). The molecule has 1 aromatic carbocycles. The van der Waals surface area contributed by atoms with Crippen LogP contribution < -0.4 is 0 Å². The van der Waals surface area contributed by atoms with Crippen molar-refractivity contribution in [1.29, 1.82) is 0 Å². The lowest BCUT2D eigenvalue weighted by Crippen LogP contribution is -2.23. The third-order valence-electron chi connectivity index (χ3n) is 2.71. The van der Waals surface area contributed by atoms with E-state index in [1.807, 2.05) is 0 Å². The highest BCUT2D eigenvalue weighted by molar-refractivity contribution is 6.00. The van der Waals surface area contributed by atoms with E-state index in [1.54, 1.807) is 19.1 Å². The first-order valence-corrected chi connectivity index (χ1v) is 4.65. The lowest BCUT2D eigenvalue weighted by Gasteiger charge is -2.25. The molecule has 3 nitrogen and oxygen atoms in total. The minimum atomic E-state index is -0.723. The number of phenols is 1. The summed E-state index contributed by atoms with van der Waals surface area (Å²) in [5, 5.41) is 19.2. The highest BCUT2D eigenvalue weighted by Gasteiger charge is 2.31. The number of ketones is 1. The van der Waals surface area contributed by atoms with Crippen molar-refractivity contribution in [2.45, 2.75) is 19.4 Å². The number of aliphatic hydroxyl groups excluding tert-OH is 1. The zero-order valence-corrected chi connectivity index (χ0v) is 7.90. The average Bonchev–Trinajstić information content (AvgIpc) is 2.14. The van der Waals surface area contributed by atoms with E-state index < -0.39 is 6.10 Å². The van der Waals surface area contributed by atoms with E-state index >= 15 is 0 Å². The van der Waals surface area contributed by atoms with Crippen molar-refractivity contribution in [2.75, 3.05) is 0 Å². The minimum Gasteiger partial charge on any atom is -0.508 e. The molecule has 0 radical (unpaired) electrons. The molecule has 0 fully saturated rings. The van der Waals surface area contributed by atoms with Gasteiger partial charge in [0.15, 0.2) is 5.78 Å². The summed E-state index contributed by atoms with van der Waals surface area (Å²) in [6.07, 6.45) is -0.331. The molecule has 0 saturated carbocycles. The van der Waals surface area contributed by atoms with Gasteiger partial charge in [0.05, 0.1) is 6.10 Å². The second-order valence-corrected chi connectivity index (χ2v) is 3.76. The monoisotopic (exact) mass is 192 g/mol. The zero-order chi connectivity index (χ0) is 10.3. The van der Waals surface area contributed by atoms with Crippen molar-refractivity contribution in [2.24, 2.45) is 5.92 Å². The van der Waals surface area contributed by atoms with Crippen molar-refractivity contribution < 1.29 is 15.0 Å². The van der Waals surface area contributed by atoms with Crippen molar-refractivity contribution >= 4 is 5.78 Å². The van der Waals surface area contributed by atoms with Crippen LogP contribution in [0.15, 0.2) is 18.2 Å². The predicted octanol–water partition coefficient (Wildman–Crippen LogP) is 1.65. The van der Waals surface area contributed by atoms with Crippen molar-refractivity contribution in [3.63, 3.8) is 0 Å². The number of carbonyl (C=O) groups excluding carboxylic acids is 1. The summed E-state index contributed by atoms with van der Waals surface area (Å²) in [4.78, 5) is 11.7. The molecule has 0 unspecified atom stereocenters. The standard InChI is InChI=1S/C11H12O3/c1-6-5-9(13)10-7(11(6)14)3-2-4-8(10)12/h2-4,6,9,12-13H,5H2,1H3/t6-,9-/m0/s1. The summed E-state index contributed by atoms with van der Waals surface area (Å²) in [6.45, 7) is 1.79. The Morgan fingerprint density at radius 2 is 2.14 bits per heavy atom. The van der Waals surface area contributed by atoms with Crippen LogP contribution in [-0.2, 0) is 0 Å². The Bertz CT molecular complexity index is 384. The summed E-state index contributed by atoms with van der Waals surface area (Å²) >= 11 is 0. The molecule has 0 saturated heterocycles. The third-order valence-corrected chi connectivity index (χ3v) is 2.71. The molecular formula is C11H12O3. The summed E-state index contributed by atoms with van der Waals surface area (Å²) in [6, 6.07) is 4.76. The number of fused-ring (bicyclic) bond motifs is 1. The van der Waals surface area contributed by atoms with Gasteiger partial charge in [0, 0.05) is 17.0 Å². The Hall–Kier alpha value is -1.35. The van der Waals surface area contributed by atoms with Crippen LogP contribution in [0.2, 0.25) is 0 Å². The summed E-state index contributed by atoms with van der Waals surface area (Å²) in [7, 11) is 0. The van der Waals surface area contributed by atoms with E-state index in [-0.39, 0.29) is 17.5 Å². The van der Waals surface area contributed by atoms with Crippen LogP contribution >= 0.6 is 0 Å². The number of aromatic hydroxyl groups is 1. The number of rotatable bonds is 0. The Morgan fingerprint density at radius 1 is 1.43 bits per heavy atom. The molecule has 74 valence electrons. The molecule has 3 heteroatoms. The summed E-state index contributed by atoms with van der Waals surface area (Å²) in [5.41, 5.74) is 0.840. The van der Waals surface area contributed by atoms with Crippen LogP contribution in [0.25, 0.3) is 0 Å². The predicted molar refractivity (Wildman–Crippen MR) is 51.2 cm³/mol. The Morgan fingerprint density at radius 3 is 2.86 bits per heavy atom. The number of phenolic OH excluding ortho intramolecular Hbond substituents is 1. The summed E-state index contributed by atoms with van der Waals surface area (Å²) in [5.74, 6) is -0.157. The molecule has 0 aliphatic heterocycles. The van der Waals surface area contributed by atoms with Crippen LogP contribution in [0.1, 0.15) is 35.4 Å². The van der Waals surface area contributed by atoms with Gasteiger partial charge < -0.3 is 10.2 Å². The van der Waals surface area contributed by atoms with Gasteiger partial charge in [0.2, 0.25) is 0 Å². The fourth-order valence-corrected chi connectivity index (χ4v) is 1.94. The maximum Gasteiger partial charge on any atom is 0.166 e. The van der Waals surface area contributed by atoms with Gasteiger partial charge in [-0.15, -0.1) is 0 Å². The van der Waals surface area contributed by atoms with Crippen LogP contribution in [0, 0.1) is 5.92 Å². The quantitative estimate of drug-likeness (QED) is 0.657. The van der Waals surface area contributed by atoms with Gasteiger partial charge in [-0.1, -0.05) is 19.1 Å². The lowest BCUT2D eigenvalue weighted by atomic mass is 9.81. The molecule has 2 atom stereocenters. The van der Waals surface area contributed by atoms with Crippen molar-refractivity contribution in [1.82, 2.24) is 0 Å². The van der Waals surface area contributed by atoms with Crippen LogP contribution in [0.4, 0.5) is 0 Å². The lowest BCUT2D eigenvalue weighted by molar-refractivity contribution is 0.0789. The zero-order valence-electron chi connectivity index (χ0n) is 7.90. The molecule has 14 heavy (non-hydrogen) atoms. The normalized spacial score (nSPS) is 26.0. The SMILES string of the molecule is C[C@H]1C[C@H](O)c2c(O)cccc2C1=O. The van der Waals surface area contributed by atoms with E-state index in [9.17, 15) is 15.0 Å². The van der Waals surface area contributed by atoms with Gasteiger partial charge in [-0.05, 0) is 12.5 Å². The molecule has 2 N–H and O–H groups in total. The molecule has 1 aliphatic rings. The maximum absolute atomic E-state index is 11.7. The molecule has 0 heterocycles. The molecule has 1 aromatic rings. The first kappa shape index (κ1) is 9.21. The van der Waals surface area contributed by atoms with E-state index in [1.165, 1.54) is 6.07 Å². The fourth-order valence-electron chi connectivity index (χ4n) is 1.94. The maximum atomic E-state index is 11.7. The number of aliphatic hydroxyl groups is 1. The second kappa shape index (κ2) is 3.10. The third kappa shape index (κ3) is 1.21. The van der Waals surface area contributed by atoms with Gasteiger partial charge in [-0.3, -0.25) is 4.79 Å². The number of hydrogen-bond acceptors (Lipinski definition) is 3. The smallest absolute Gasteiger partial charge is 0.166 e. The molecule has 0 bridgehead atoms. The van der Waals surface area contributed by atoms with Crippen molar-refractivity contribution in [3.05, 3.63) is 29.3 Å². The molecule has 0 spiro atoms. The van der Waals surface area contributed by atoms with Gasteiger partial charge >= 0.3 is 0 Å². The largest absolute Gasteiger partial charge is 0.508 e. The minimum absolute atomic E-state index is 0.00111. The topological polar surface area (TPSA) is 57.5 Å². The van der Waals surface area contributed by atoms with Crippen LogP contribution in [-0.4, -0.2) is 16.0 Å². The molecule has 0 aromatic heterocycles. The molecule has 1 aliphatic carbocycles. The first-order valence-electron chi connectivity index (χ1n) is 4.65. The highest BCUT2D eigenvalue weighted by Crippen LogP contribution is 2.37. The van der Waals surface area contributed by atoms with Gasteiger partial charge in [0.1, 0.15) is 5.75 Å². The van der Waals surface area contributed by atoms with E-state index in [4.69, 9.17) is 0 Å². The van der Waals surface area contributed by atoms with Crippen LogP contribution in [0.3, 0.4) is 0 Å². The van der Waals surface area contributed by atoms with Crippen LogP contribution in [0.5, 0.6) is 5.75 Å². The second-order valence-electron chi connectivity index (χ2n) is 3.76. The van der Waals surface area contributed by atoms with Gasteiger partial charge in [-0.2, -0.15) is 0 Å². The number of benzene rings is 1. The van der Waals surface area contributed by atoms with E-state index in [0.717, 1.165) is 0 Å². The Labute approximate surface area is 82.0 Å². The fraction of sp³-hybridized carbons (Fsp3) is 0.364. The van der Waals surface area contributed by atoms with E-state index in [0.29, 0.717) is 17.5 Å². The number of carbonyl (C=O) groups is 1. The molecular weight excluding hydrogens is 180 g/mol. The summed E-state index contributed by atoms with van der Waals surface area (Å²) < 4.78 is 0. The molecule has 0 amide bonds. The van der Waals surface area contributed by atoms with Crippen molar-refractivity contribution in [3.8, 4) is 5.75 Å². The number of Topliss-reactive ketones (excluding diaryl/α,β-unsaturated/α-hetero) is 1. The Balaban J connectivity index is 2.61. The van der Waals surface area contributed by atoms with Gasteiger partial charge in [0.25, 0.3) is 0 Å². The first-order chi connectivity index (χ1) is 6.61.